The fourth-order valence-corrected chi connectivity index (χ4v) is 1.29. The molecule has 0 saturated heterocycles. The number of nitrogens with one attached hydrogen (secondary N) is 1. The maximum absolute atomic E-state index is 8.67. The zero-order valence-corrected chi connectivity index (χ0v) is 9.20. The minimum atomic E-state index is 0.346. The van der Waals surface area contributed by atoms with E-state index < -0.39 is 0 Å². The highest BCUT2D eigenvalue weighted by Gasteiger charge is 2.03. The molecule has 15 heavy (non-hydrogen) atoms. The molecule has 1 aromatic rings. The lowest BCUT2D eigenvalue weighted by Crippen LogP contribution is -2.16. The third-order valence-electron chi connectivity index (χ3n) is 2.14. The normalized spacial score (nSPS) is 11.8. The van der Waals surface area contributed by atoms with Crippen LogP contribution in [0, 0.1) is 11.3 Å². The summed E-state index contributed by atoms with van der Waals surface area (Å²) < 4.78 is 0. The van der Waals surface area contributed by atoms with Crippen molar-refractivity contribution in [3.05, 3.63) is 18.0 Å². The van der Waals surface area contributed by atoms with Crippen molar-refractivity contribution in [3.8, 4) is 6.07 Å². The number of hydrogen-bond acceptors (Lipinski definition) is 4. The van der Waals surface area contributed by atoms with Gasteiger partial charge in [-0.2, -0.15) is 5.26 Å². The molecule has 0 bridgehead atoms. The van der Waals surface area contributed by atoms with Crippen LogP contribution in [0.4, 0.5) is 5.95 Å². The first kappa shape index (κ1) is 11.4. The van der Waals surface area contributed by atoms with Gasteiger partial charge in [0, 0.05) is 12.2 Å². The summed E-state index contributed by atoms with van der Waals surface area (Å²) in [6, 6.07) is 3.94. The van der Waals surface area contributed by atoms with Crippen molar-refractivity contribution in [1.29, 1.82) is 5.26 Å². The van der Waals surface area contributed by atoms with Gasteiger partial charge in [0.15, 0.2) is 0 Å². The van der Waals surface area contributed by atoms with E-state index in [1.807, 2.05) is 6.07 Å². The van der Waals surface area contributed by atoms with Crippen LogP contribution in [0.25, 0.3) is 0 Å². The Hall–Kier alpha value is -1.63. The molecule has 1 N–H and O–H groups in total. The fourth-order valence-electron chi connectivity index (χ4n) is 1.29. The third kappa shape index (κ3) is 3.94. The fraction of sp³-hybridized carbons (Fsp3) is 0.545. The zero-order valence-electron chi connectivity index (χ0n) is 9.20. The molecule has 1 aromatic heterocycles. The molecule has 0 saturated carbocycles. The van der Waals surface area contributed by atoms with Gasteiger partial charge in [-0.25, -0.2) is 9.97 Å². The van der Waals surface area contributed by atoms with Crippen LogP contribution in [0.1, 0.15) is 38.8 Å². The van der Waals surface area contributed by atoms with Crippen molar-refractivity contribution in [2.24, 2.45) is 0 Å². The molecule has 1 atom stereocenters. The summed E-state index contributed by atoms with van der Waals surface area (Å²) in [5.41, 5.74) is 0.398. The Morgan fingerprint density at radius 3 is 3.07 bits per heavy atom. The molecule has 1 rings (SSSR count). The molecule has 0 amide bonds. The summed E-state index contributed by atoms with van der Waals surface area (Å²) >= 11 is 0. The van der Waals surface area contributed by atoms with Crippen LogP contribution >= 0.6 is 0 Å². The number of aromatic nitrogens is 2. The molecule has 0 spiro atoms. The average Bonchev–Trinajstić information content (AvgIpc) is 2.26. The van der Waals surface area contributed by atoms with Crippen molar-refractivity contribution >= 4 is 5.95 Å². The topological polar surface area (TPSA) is 61.6 Å². The Bertz CT molecular complexity index is 343. The maximum atomic E-state index is 8.67. The van der Waals surface area contributed by atoms with Gasteiger partial charge in [0.25, 0.3) is 0 Å². The van der Waals surface area contributed by atoms with Crippen LogP contribution in [-0.2, 0) is 0 Å². The van der Waals surface area contributed by atoms with E-state index in [4.69, 9.17) is 5.26 Å². The number of anilines is 1. The molecule has 0 aliphatic carbocycles. The predicted molar refractivity (Wildman–Crippen MR) is 59.4 cm³/mol. The van der Waals surface area contributed by atoms with Crippen molar-refractivity contribution in [3.63, 3.8) is 0 Å². The number of hydrogen-bond donors (Lipinski definition) is 1. The predicted octanol–water partition coefficient (Wildman–Crippen LogP) is 2.34. The number of nitriles is 1. The first-order valence-corrected chi connectivity index (χ1v) is 5.26. The minimum Gasteiger partial charge on any atom is -0.352 e. The van der Waals surface area contributed by atoms with Gasteiger partial charge >= 0.3 is 0 Å². The van der Waals surface area contributed by atoms with Gasteiger partial charge in [0.2, 0.25) is 5.95 Å². The standard InChI is InChI=1S/C11H16N4/c1-3-4-5-9(2)14-11-13-7-6-10(8-12)15-11/h6-7,9H,3-5H2,1-2H3,(H,13,14,15). The van der Waals surface area contributed by atoms with E-state index in [2.05, 4.69) is 29.1 Å². The minimum absolute atomic E-state index is 0.346. The Labute approximate surface area is 90.4 Å². The highest BCUT2D eigenvalue weighted by atomic mass is 15.1. The molecular weight excluding hydrogens is 188 g/mol. The average molecular weight is 204 g/mol. The highest BCUT2D eigenvalue weighted by Crippen LogP contribution is 2.06. The van der Waals surface area contributed by atoms with Crippen LogP contribution in [0.15, 0.2) is 12.3 Å². The second-order valence-corrected chi connectivity index (χ2v) is 3.56. The largest absolute Gasteiger partial charge is 0.352 e. The number of nitrogens with zero attached hydrogens (tertiary/aromatic N) is 3. The maximum Gasteiger partial charge on any atom is 0.224 e. The van der Waals surface area contributed by atoms with Crippen molar-refractivity contribution in [1.82, 2.24) is 9.97 Å². The second-order valence-electron chi connectivity index (χ2n) is 3.56. The smallest absolute Gasteiger partial charge is 0.224 e. The van der Waals surface area contributed by atoms with Gasteiger partial charge in [-0.3, -0.25) is 0 Å². The molecule has 1 unspecified atom stereocenters. The summed E-state index contributed by atoms with van der Waals surface area (Å²) in [6.45, 7) is 4.26. The number of rotatable bonds is 5. The van der Waals surface area contributed by atoms with Gasteiger partial charge < -0.3 is 5.32 Å². The van der Waals surface area contributed by atoms with E-state index in [0.29, 0.717) is 17.7 Å². The molecule has 0 aromatic carbocycles. The van der Waals surface area contributed by atoms with E-state index in [1.165, 1.54) is 12.8 Å². The van der Waals surface area contributed by atoms with Gasteiger partial charge in [-0.05, 0) is 19.4 Å². The van der Waals surface area contributed by atoms with Crippen LogP contribution in [0.2, 0.25) is 0 Å². The van der Waals surface area contributed by atoms with Crippen LogP contribution in [-0.4, -0.2) is 16.0 Å². The zero-order chi connectivity index (χ0) is 11.1. The first-order valence-electron chi connectivity index (χ1n) is 5.26. The molecule has 0 fully saturated rings. The van der Waals surface area contributed by atoms with Crippen LogP contribution in [0.3, 0.4) is 0 Å². The monoisotopic (exact) mass is 204 g/mol. The van der Waals surface area contributed by atoms with Crippen LogP contribution < -0.4 is 5.32 Å². The van der Waals surface area contributed by atoms with Crippen molar-refractivity contribution < 1.29 is 0 Å². The Morgan fingerprint density at radius 1 is 1.60 bits per heavy atom. The van der Waals surface area contributed by atoms with Gasteiger partial charge in [-0.1, -0.05) is 19.8 Å². The van der Waals surface area contributed by atoms with Gasteiger partial charge in [-0.15, -0.1) is 0 Å². The molecule has 0 aliphatic heterocycles. The van der Waals surface area contributed by atoms with E-state index >= 15 is 0 Å². The van der Waals surface area contributed by atoms with Crippen molar-refractivity contribution in [2.75, 3.05) is 5.32 Å². The van der Waals surface area contributed by atoms with Crippen LogP contribution in [0.5, 0.6) is 0 Å². The van der Waals surface area contributed by atoms with Gasteiger partial charge in [0.1, 0.15) is 11.8 Å². The van der Waals surface area contributed by atoms with E-state index in [1.54, 1.807) is 12.3 Å². The molecule has 0 aliphatic rings. The first-order chi connectivity index (χ1) is 7.26. The summed E-state index contributed by atoms with van der Waals surface area (Å²) in [5.74, 6) is 0.539. The summed E-state index contributed by atoms with van der Waals surface area (Å²) in [5, 5.41) is 11.8. The lowest BCUT2D eigenvalue weighted by Gasteiger charge is -2.12. The summed E-state index contributed by atoms with van der Waals surface area (Å²) in [4.78, 5) is 8.12. The molecule has 0 radical (unpaired) electrons. The summed E-state index contributed by atoms with van der Waals surface area (Å²) in [6.07, 6.45) is 5.06. The lowest BCUT2D eigenvalue weighted by atomic mass is 10.1. The van der Waals surface area contributed by atoms with E-state index in [-0.39, 0.29) is 0 Å². The molecule has 4 nitrogen and oxygen atoms in total. The van der Waals surface area contributed by atoms with E-state index in [0.717, 1.165) is 6.42 Å². The molecule has 4 heteroatoms. The second kappa shape index (κ2) is 5.97. The number of unbranched alkanes of at least 4 members (excludes halogenated alkanes) is 1. The van der Waals surface area contributed by atoms with Crippen molar-refractivity contribution in [2.45, 2.75) is 39.2 Å². The summed E-state index contributed by atoms with van der Waals surface area (Å²) in [7, 11) is 0. The van der Waals surface area contributed by atoms with Gasteiger partial charge in [0.05, 0.1) is 0 Å². The highest BCUT2D eigenvalue weighted by molar-refractivity contribution is 5.30. The molecular formula is C11H16N4. The lowest BCUT2D eigenvalue weighted by molar-refractivity contribution is 0.640. The van der Waals surface area contributed by atoms with E-state index in [9.17, 15) is 0 Å². The third-order valence-corrected chi connectivity index (χ3v) is 2.14. The SMILES string of the molecule is CCCCC(C)Nc1nccc(C#N)n1. The Morgan fingerprint density at radius 2 is 2.40 bits per heavy atom. The quantitative estimate of drug-likeness (QED) is 0.799. The Kier molecular flexibility index (Phi) is 4.55. The Balaban J connectivity index is 2.53. The molecule has 80 valence electrons. The molecule has 1 heterocycles.